The van der Waals surface area contributed by atoms with Gasteiger partial charge in [0.25, 0.3) is 0 Å². The van der Waals surface area contributed by atoms with Crippen LogP contribution in [0.1, 0.15) is 44.9 Å². The molecule has 0 aliphatic carbocycles. The molecule has 1 heterocycles. The lowest BCUT2D eigenvalue weighted by atomic mass is 10.0. The Bertz CT molecular complexity index is 566. The number of rotatable bonds is 5. The second kappa shape index (κ2) is 6.12. The number of nitrogens with zero attached hydrogens (tertiary/aromatic N) is 1. The summed E-state index contributed by atoms with van der Waals surface area (Å²) >= 11 is 12.0. The highest BCUT2D eigenvalue weighted by atomic mass is 35.5. The Morgan fingerprint density at radius 3 is 2.68 bits per heavy atom. The van der Waals surface area contributed by atoms with Crippen LogP contribution in [0.2, 0.25) is 10.0 Å². The summed E-state index contributed by atoms with van der Waals surface area (Å²) < 4.78 is 5.74. The molecule has 0 spiro atoms. The minimum atomic E-state index is 0.240. The molecule has 19 heavy (non-hydrogen) atoms. The monoisotopic (exact) mass is 300 g/mol. The van der Waals surface area contributed by atoms with Crippen LogP contribution in [-0.2, 0) is 0 Å². The fourth-order valence-corrected chi connectivity index (χ4v) is 2.58. The Hall–Kier alpha value is -0.770. The maximum absolute atomic E-state index is 6.09. The molecule has 0 saturated carbocycles. The summed E-state index contributed by atoms with van der Waals surface area (Å²) in [7, 11) is 0. The van der Waals surface area contributed by atoms with Gasteiger partial charge >= 0.3 is 0 Å². The Labute approximate surface area is 123 Å². The number of aromatic nitrogens is 1. The summed E-state index contributed by atoms with van der Waals surface area (Å²) in [6.07, 6.45) is 3.07. The van der Waals surface area contributed by atoms with Crippen LogP contribution >= 0.6 is 23.2 Å². The summed E-state index contributed by atoms with van der Waals surface area (Å²) in [6, 6.07) is 3.68. The zero-order valence-electron chi connectivity index (χ0n) is 11.1. The molecule has 3 nitrogen and oxygen atoms in total. The van der Waals surface area contributed by atoms with E-state index in [0.29, 0.717) is 27.0 Å². The van der Waals surface area contributed by atoms with Gasteiger partial charge < -0.3 is 10.2 Å². The van der Waals surface area contributed by atoms with E-state index in [1.54, 1.807) is 12.1 Å². The van der Waals surface area contributed by atoms with E-state index < -0.39 is 0 Å². The third kappa shape index (κ3) is 3.62. The molecule has 104 valence electrons. The summed E-state index contributed by atoms with van der Waals surface area (Å²) in [4.78, 5) is 4.47. The van der Waals surface area contributed by atoms with Crippen molar-refractivity contribution >= 4 is 34.3 Å². The van der Waals surface area contributed by atoms with Crippen LogP contribution in [0, 0.1) is 0 Å². The van der Waals surface area contributed by atoms with Crippen molar-refractivity contribution in [3.8, 4) is 0 Å². The first-order chi connectivity index (χ1) is 8.97. The molecule has 0 bridgehead atoms. The quantitative estimate of drug-likeness (QED) is 0.866. The van der Waals surface area contributed by atoms with Crippen molar-refractivity contribution in [2.75, 3.05) is 0 Å². The molecule has 0 aliphatic rings. The number of nitrogens with two attached hydrogens (primary N) is 1. The molecule has 0 amide bonds. The first-order valence-corrected chi connectivity index (χ1v) is 7.24. The van der Waals surface area contributed by atoms with Crippen LogP contribution in [-0.4, -0.2) is 11.0 Å². The molecular weight excluding hydrogens is 283 g/mol. The highest BCUT2D eigenvalue weighted by Gasteiger charge is 2.15. The second-order valence-electron chi connectivity index (χ2n) is 5.10. The molecule has 0 saturated heterocycles. The third-order valence-corrected chi connectivity index (χ3v) is 3.64. The number of hydrogen-bond donors (Lipinski definition) is 1. The van der Waals surface area contributed by atoms with Gasteiger partial charge in [0, 0.05) is 17.0 Å². The van der Waals surface area contributed by atoms with E-state index in [1.807, 2.05) is 6.92 Å². The van der Waals surface area contributed by atoms with Crippen LogP contribution in [0.25, 0.3) is 11.1 Å². The minimum absolute atomic E-state index is 0.240. The third-order valence-electron chi connectivity index (χ3n) is 3.14. The first-order valence-electron chi connectivity index (χ1n) is 6.48. The number of oxazole rings is 1. The van der Waals surface area contributed by atoms with Crippen molar-refractivity contribution in [1.82, 2.24) is 4.98 Å². The molecule has 0 aliphatic heterocycles. The van der Waals surface area contributed by atoms with E-state index in [2.05, 4.69) is 11.9 Å². The van der Waals surface area contributed by atoms with Gasteiger partial charge in [-0.25, -0.2) is 4.98 Å². The number of fused-ring (bicyclic) bond motifs is 1. The Morgan fingerprint density at radius 1 is 1.26 bits per heavy atom. The molecule has 2 rings (SSSR count). The molecule has 2 N–H and O–H groups in total. The molecule has 2 unspecified atom stereocenters. The molecule has 5 heteroatoms. The summed E-state index contributed by atoms with van der Waals surface area (Å²) in [5, 5.41) is 1.07. The predicted octanol–water partition coefficient (Wildman–Crippen LogP) is 4.76. The van der Waals surface area contributed by atoms with Gasteiger partial charge in [-0.15, -0.1) is 0 Å². The minimum Gasteiger partial charge on any atom is -0.439 e. The van der Waals surface area contributed by atoms with Gasteiger partial charge in [0.15, 0.2) is 11.5 Å². The van der Waals surface area contributed by atoms with Gasteiger partial charge in [-0.1, -0.05) is 36.5 Å². The first kappa shape index (κ1) is 14.6. The Balaban J connectivity index is 2.14. The fraction of sp³-hybridized carbons (Fsp3) is 0.500. The van der Waals surface area contributed by atoms with Crippen molar-refractivity contribution in [3.63, 3.8) is 0 Å². The molecule has 0 fully saturated rings. The van der Waals surface area contributed by atoms with E-state index in [1.165, 1.54) is 0 Å². The number of benzene rings is 1. The SMILES string of the molecule is CC(N)CCCC(C)c1nc2cc(Cl)cc(Cl)c2o1. The van der Waals surface area contributed by atoms with Gasteiger partial charge in [-0.05, 0) is 31.9 Å². The van der Waals surface area contributed by atoms with Gasteiger partial charge in [0.2, 0.25) is 0 Å². The van der Waals surface area contributed by atoms with E-state index in [-0.39, 0.29) is 12.0 Å². The van der Waals surface area contributed by atoms with Gasteiger partial charge in [0.05, 0.1) is 5.02 Å². The lowest BCUT2D eigenvalue weighted by Gasteiger charge is -2.08. The topological polar surface area (TPSA) is 52.0 Å². The van der Waals surface area contributed by atoms with Crippen LogP contribution in [0.15, 0.2) is 16.5 Å². The highest BCUT2D eigenvalue weighted by Crippen LogP contribution is 2.31. The molecule has 1 aromatic heterocycles. The van der Waals surface area contributed by atoms with E-state index in [4.69, 9.17) is 33.4 Å². The van der Waals surface area contributed by atoms with E-state index in [9.17, 15) is 0 Å². The van der Waals surface area contributed by atoms with Crippen LogP contribution in [0.4, 0.5) is 0 Å². The second-order valence-corrected chi connectivity index (χ2v) is 5.94. The Kier molecular flexibility index (Phi) is 4.71. The predicted molar refractivity (Wildman–Crippen MR) is 79.9 cm³/mol. The van der Waals surface area contributed by atoms with E-state index in [0.717, 1.165) is 19.3 Å². The van der Waals surface area contributed by atoms with Crippen molar-refractivity contribution in [3.05, 3.63) is 28.1 Å². The number of hydrogen-bond acceptors (Lipinski definition) is 3. The van der Waals surface area contributed by atoms with Gasteiger partial charge in [0.1, 0.15) is 5.52 Å². The van der Waals surface area contributed by atoms with Crippen LogP contribution in [0.5, 0.6) is 0 Å². The molecule has 2 aromatic rings. The fourth-order valence-electron chi connectivity index (χ4n) is 2.06. The normalized spacial score (nSPS) is 14.8. The van der Waals surface area contributed by atoms with Gasteiger partial charge in [-0.2, -0.15) is 0 Å². The molecule has 2 atom stereocenters. The maximum Gasteiger partial charge on any atom is 0.198 e. The van der Waals surface area contributed by atoms with Gasteiger partial charge in [-0.3, -0.25) is 0 Å². The zero-order valence-corrected chi connectivity index (χ0v) is 12.6. The van der Waals surface area contributed by atoms with Crippen molar-refractivity contribution in [2.45, 2.75) is 45.1 Å². The highest BCUT2D eigenvalue weighted by molar-refractivity contribution is 6.37. The largest absolute Gasteiger partial charge is 0.439 e. The lowest BCUT2D eigenvalue weighted by Crippen LogP contribution is -2.14. The van der Waals surface area contributed by atoms with E-state index >= 15 is 0 Å². The molecule has 0 radical (unpaired) electrons. The average molecular weight is 301 g/mol. The van der Waals surface area contributed by atoms with Crippen molar-refractivity contribution in [2.24, 2.45) is 5.73 Å². The average Bonchev–Trinajstić information content (AvgIpc) is 2.72. The molecule has 1 aromatic carbocycles. The summed E-state index contributed by atoms with van der Waals surface area (Å²) in [5.41, 5.74) is 7.07. The maximum atomic E-state index is 6.09. The summed E-state index contributed by atoms with van der Waals surface area (Å²) in [6.45, 7) is 4.12. The standard InChI is InChI=1S/C14H18Cl2N2O/c1-8(4-3-5-9(2)17)14-18-12-7-10(15)6-11(16)13(12)19-14/h6-9H,3-5,17H2,1-2H3. The van der Waals surface area contributed by atoms with Crippen molar-refractivity contribution in [1.29, 1.82) is 0 Å². The zero-order chi connectivity index (χ0) is 14.0. The van der Waals surface area contributed by atoms with Crippen LogP contribution < -0.4 is 5.73 Å². The lowest BCUT2D eigenvalue weighted by molar-refractivity contribution is 0.452. The number of halogens is 2. The van der Waals surface area contributed by atoms with Crippen LogP contribution in [0.3, 0.4) is 0 Å². The summed E-state index contributed by atoms with van der Waals surface area (Å²) in [5.74, 6) is 0.963. The smallest absolute Gasteiger partial charge is 0.198 e. The Morgan fingerprint density at radius 2 is 2.00 bits per heavy atom. The van der Waals surface area contributed by atoms with Crippen molar-refractivity contribution < 1.29 is 4.42 Å². The molecular formula is C14H18Cl2N2O.